The Bertz CT molecular complexity index is 654. The molecule has 0 N–H and O–H groups in total. The molecule has 0 aliphatic rings. The van der Waals surface area contributed by atoms with Crippen LogP contribution >= 0.6 is 0 Å². The van der Waals surface area contributed by atoms with Gasteiger partial charge in [-0.1, -0.05) is 48.0 Å². The van der Waals surface area contributed by atoms with Gasteiger partial charge in [0.2, 0.25) is 0 Å². The minimum absolute atomic E-state index is 0.341. The van der Waals surface area contributed by atoms with Crippen molar-refractivity contribution in [1.82, 2.24) is 0 Å². The summed E-state index contributed by atoms with van der Waals surface area (Å²) >= 11 is 0. The molecule has 0 atom stereocenters. The molecule has 0 fully saturated rings. The molecule has 2 aromatic carbocycles. The predicted octanol–water partition coefficient (Wildman–Crippen LogP) is 4.16. The molecule has 0 heterocycles. The first kappa shape index (κ1) is 14.1. The van der Waals surface area contributed by atoms with Gasteiger partial charge in [-0.15, -0.1) is 0 Å². The van der Waals surface area contributed by atoms with E-state index in [0.29, 0.717) is 0 Å². The topological polar surface area (TPSA) is 26.3 Å². The second-order valence-corrected chi connectivity index (χ2v) is 4.80. The molecule has 2 aromatic rings. The Morgan fingerprint density at radius 3 is 2.45 bits per heavy atom. The zero-order valence-corrected chi connectivity index (χ0v) is 12.0. The van der Waals surface area contributed by atoms with Crippen molar-refractivity contribution < 1.29 is 9.53 Å². The summed E-state index contributed by atoms with van der Waals surface area (Å²) in [6, 6.07) is 14.6. The van der Waals surface area contributed by atoms with Crippen molar-refractivity contribution in [3.8, 4) is 11.1 Å². The van der Waals surface area contributed by atoms with E-state index in [4.69, 9.17) is 0 Å². The monoisotopic (exact) mass is 266 g/mol. The maximum Gasteiger partial charge on any atom is 0.330 e. The van der Waals surface area contributed by atoms with E-state index >= 15 is 0 Å². The van der Waals surface area contributed by atoms with E-state index in [1.165, 1.54) is 29.9 Å². The van der Waals surface area contributed by atoms with Crippen LogP contribution in [-0.4, -0.2) is 13.1 Å². The first-order valence-electron chi connectivity index (χ1n) is 6.54. The zero-order chi connectivity index (χ0) is 14.5. The van der Waals surface area contributed by atoms with Gasteiger partial charge in [-0.3, -0.25) is 0 Å². The zero-order valence-electron chi connectivity index (χ0n) is 12.0. The van der Waals surface area contributed by atoms with E-state index in [0.717, 1.165) is 11.1 Å². The molecule has 0 spiro atoms. The number of aryl methyl sites for hydroxylation is 2. The standard InChI is InChI=1S/C18H18O2/c1-13-5-4-6-16(11-13)17-8-7-15(14(2)12-17)9-10-18(19)20-3/h4-12H,1-3H3/b10-9+. The van der Waals surface area contributed by atoms with Crippen LogP contribution in [0.1, 0.15) is 16.7 Å². The van der Waals surface area contributed by atoms with Gasteiger partial charge in [-0.2, -0.15) is 0 Å². The van der Waals surface area contributed by atoms with Crippen LogP contribution in [0, 0.1) is 13.8 Å². The molecule has 2 nitrogen and oxygen atoms in total. The Morgan fingerprint density at radius 1 is 1.05 bits per heavy atom. The minimum Gasteiger partial charge on any atom is -0.466 e. The number of methoxy groups -OCH3 is 1. The lowest BCUT2D eigenvalue weighted by atomic mass is 9.98. The van der Waals surface area contributed by atoms with Crippen LogP contribution in [0.5, 0.6) is 0 Å². The highest BCUT2D eigenvalue weighted by Gasteiger charge is 2.01. The van der Waals surface area contributed by atoms with E-state index in [-0.39, 0.29) is 5.97 Å². The van der Waals surface area contributed by atoms with Gasteiger partial charge in [0.25, 0.3) is 0 Å². The molecule has 0 aliphatic heterocycles. The van der Waals surface area contributed by atoms with Crippen LogP contribution in [0.3, 0.4) is 0 Å². The van der Waals surface area contributed by atoms with Gasteiger partial charge in [-0.05, 0) is 42.2 Å². The van der Waals surface area contributed by atoms with Crippen LogP contribution in [0.15, 0.2) is 48.5 Å². The van der Waals surface area contributed by atoms with Gasteiger partial charge >= 0.3 is 5.97 Å². The average molecular weight is 266 g/mol. The molecule has 0 aliphatic carbocycles. The number of carbonyl (C=O) groups is 1. The largest absolute Gasteiger partial charge is 0.466 e. The lowest BCUT2D eigenvalue weighted by molar-refractivity contribution is -0.134. The van der Waals surface area contributed by atoms with Crippen LogP contribution in [0.2, 0.25) is 0 Å². The Kier molecular flexibility index (Phi) is 4.36. The maximum absolute atomic E-state index is 11.1. The average Bonchev–Trinajstić information content (AvgIpc) is 2.45. The third-order valence-corrected chi connectivity index (χ3v) is 3.22. The highest BCUT2D eigenvalue weighted by Crippen LogP contribution is 2.23. The van der Waals surface area contributed by atoms with Crippen LogP contribution < -0.4 is 0 Å². The molecule has 0 bridgehead atoms. The first-order valence-corrected chi connectivity index (χ1v) is 6.54. The molecule has 102 valence electrons. The third-order valence-electron chi connectivity index (χ3n) is 3.22. The fourth-order valence-electron chi connectivity index (χ4n) is 2.09. The molecule has 20 heavy (non-hydrogen) atoms. The molecule has 0 saturated heterocycles. The van der Waals surface area contributed by atoms with E-state index in [2.05, 4.69) is 48.1 Å². The molecular weight excluding hydrogens is 248 g/mol. The second kappa shape index (κ2) is 6.20. The van der Waals surface area contributed by atoms with Crippen LogP contribution in [0.25, 0.3) is 17.2 Å². The van der Waals surface area contributed by atoms with Gasteiger partial charge in [0.15, 0.2) is 0 Å². The summed E-state index contributed by atoms with van der Waals surface area (Å²) in [6.45, 7) is 4.13. The molecule has 0 aromatic heterocycles. The van der Waals surface area contributed by atoms with Gasteiger partial charge in [0.05, 0.1) is 7.11 Å². The second-order valence-electron chi connectivity index (χ2n) is 4.80. The summed E-state index contributed by atoms with van der Waals surface area (Å²) in [6.07, 6.45) is 3.22. The molecular formula is C18H18O2. The quantitative estimate of drug-likeness (QED) is 0.616. The fraction of sp³-hybridized carbons (Fsp3) is 0.167. The Balaban J connectivity index is 2.30. The third kappa shape index (κ3) is 3.35. The molecule has 0 saturated carbocycles. The van der Waals surface area contributed by atoms with Gasteiger partial charge in [0, 0.05) is 6.08 Å². The fourth-order valence-corrected chi connectivity index (χ4v) is 2.09. The molecule has 2 rings (SSSR count). The van der Waals surface area contributed by atoms with Crippen molar-refractivity contribution in [2.75, 3.05) is 7.11 Å². The van der Waals surface area contributed by atoms with Crippen molar-refractivity contribution in [3.05, 3.63) is 65.2 Å². The summed E-state index contributed by atoms with van der Waals surface area (Å²) < 4.78 is 4.59. The molecule has 0 amide bonds. The number of hydrogen-bond donors (Lipinski definition) is 0. The van der Waals surface area contributed by atoms with Crippen LogP contribution in [0.4, 0.5) is 0 Å². The van der Waals surface area contributed by atoms with Crippen molar-refractivity contribution in [2.24, 2.45) is 0 Å². The molecule has 0 unspecified atom stereocenters. The van der Waals surface area contributed by atoms with Gasteiger partial charge in [0.1, 0.15) is 0 Å². The van der Waals surface area contributed by atoms with E-state index in [1.54, 1.807) is 6.08 Å². The Hall–Kier alpha value is -2.35. The molecule has 0 radical (unpaired) electrons. The number of esters is 1. The Labute approximate surface area is 119 Å². The predicted molar refractivity (Wildman–Crippen MR) is 82.4 cm³/mol. The van der Waals surface area contributed by atoms with Crippen molar-refractivity contribution in [3.63, 3.8) is 0 Å². The van der Waals surface area contributed by atoms with Crippen molar-refractivity contribution in [1.29, 1.82) is 0 Å². The van der Waals surface area contributed by atoms with E-state index in [1.807, 2.05) is 13.0 Å². The highest BCUT2D eigenvalue weighted by molar-refractivity contribution is 5.87. The number of hydrogen-bond acceptors (Lipinski definition) is 2. The number of rotatable bonds is 3. The normalized spacial score (nSPS) is 10.8. The van der Waals surface area contributed by atoms with Crippen molar-refractivity contribution in [2.45, 2.75) is 13.8 Å². The highest BCUT2D eigenvalue weighted by atomic mass is 16.5. The van der Waals surface area contributed by atoms with Gasteiger partial charge < -0.3 is 4.74 Å². The number of ether oxygens (including phenoxy) is 1. The summed E-state index contributed by atoms with van der Waals surface area (Å²) in [5.74, 6) is -0.341. The molecule has 2 heteroatoms. The minimum atomic E-state index is -0.341. The van der Waals surface area contributed by atoms with Crippen LogP contribution in [-0.2, 0) is 9.53 Å². The SMILES string of the molecule is COC(=O)/C=C/c1ccc(-c2cccc(C)c2)cc1C. The summed E-state index contributed by atoms with van der Waals surface area (Å²) in [7, 11) is 1.38. The smallest absolute Gasteiger partial charge is 0.330 e. The lowest BCUT2D eigenvalue weighted by Gasteiger charge is -2.07. The Morgan fingerprint density at radius 2 is 1.80 bits per heavy atom. The van der Waals surface area contributed by atoms with E-state index in [9.17, 15) is 4.79 Å². The number of benzene rings is 2. The van der Waals surface area contributed by atoms with Crippen molar-refractivity contribution >= 4 is 12.0 Å². The summed E-state index contributed by atoms with van der Waals surface area (Å²) in [5, 5.41) is 0. The van der Waals surface area contributed by atoms with E-state index < -0.39 is 0 Å². The summed E-state index contributed by atoms with van der Waals surface area (Å²) in [5.41, 5.74) is 5.78. The summed E-state index contributed by atoms with van der Waals surface area (Å²) in [4.78, 5) is 11.1. The maximum atomic E-state index is 11.1. The first-order chi connectivity index (χ1) is 9.60. The van der Waals surface area contributed by atoms with Gasteiger partial charge in [-0.25, -0.2) is 4.79 Å². The number of carbonyl (C=O) groups excluding carboxylic acids is 1. The lowest BCUT2D eigenvalue weighted by Crippen LogP contribution is -1.93.